The minimum atomic E-state index is -0.924. The number of pyridine rings is 1. The Morgan fingerprint density at radius 1 is 1.43 bits per heavy atom. The van der Waals surface area contributed by atoms with Gasteiger partial charge in [0.05, 0.1) is 17.7 Å². The number of rotatable bonds is 2. The van der Waals surface area contributed by atoms with Crippen LogP contribution >= 0.6 is 0 Å². The second kappa shape index (κ2) is 5.69. The van der Waals surface area contributed by atoms with Crippen molar-refractivity contribution in [3.05, 3.63) is 36.0 Å². The van der Waals surface area contributed by atoms with E-state index in [9.17, 15) is 9.90 Å². The molecule has 0 radical (unpaired) electrons. The number of ether oxygens (including phenoxy) is 1. The number of aromatic carboxylic acids is 1. The number of fused-ring (bicyclic) bond motifs is 1. The average molecular weight is 286 g/mol. The maximum atomic E-state index is 11.4. The highest BCUT2D eigenvalue weighted by atomic mass is 16.5. The fourth-order valence-corrected chi connectivity index (χ4v) is 2.78. The lowest BCUT2D eigenvalue weighted by molar-refractivity contribution is 0.0699. The van der Waals surface area contributed by atoms with Crippen LogP contribution in [0.3, 0.4) is 0 Å². The van der Waals surface area contributed by atoms with Gasteiger partial charge < -0.3 is 14.7 Å². The molecule has 0 aliphatic carbocycles. The van der Waals surface area contributed by atoms with Crippen LogP contribution in [0.25, 0.3) is 10.9 Å². The third-order valence-corrected chi connectivity index (χ3v) is 3.87. The van der Waals surface area contributed by atoms with Crippen LogP contribution in [-0.2, 0) is 4.74 Å². The van der Waals surface area contributed by atoms with Gasteiger partial charge in [0.15, 0.2) is 0 Å². The molecule has 1 fully saturated rings. The van der Waals surface area contributed by atoms with Crippen molar-refractivity contribution in [1.82, 2.24) is 4.98 Å². The lowest BCUT2D eigenvalue weighted by Gasteiger charge is -2.29. The smallest absolute Gasteiger partial charge is 0.336 e. The molecule has 21 heavy (non-hydrogen) atoms. The van der Waals surface area contributed by atoms with Gasteiger partial charge in [-0.05, 0) is 37.6 Å². The van der Waals surface area contributed by atoms with Crippen LogP contribution in [0, 0.1) is 0 Å². The summed E-state index contributed by atoms with van der Waals surface area (Å²) in [6, 6.07) is 7.63. The summed E-state index contributed by atoms with van der Waals surface area (Å²) in [6.07, 6.45) is 2.51. The lowest BCUT2D eigenvalue weighted by atomic mass is 10.1. The maximum Gasteiger partial charge on any atom is 0.336 e. The van der Waals surface area contributed by atoms with Crippen LogP contribution in [0.15, 0.2) is 30.5 Å². The zero-order valence-corrected chi connectivity index (χ0v) is 12.0. The molecule has 0 spiro atoms. The van der Waals surface area contributed by atoms with Crippen molar-refractivity contribution >= 4 is 22.6 Å². The van der Waals surface area contributed by atoms with E-state index in [1.54, 1.807) is 6.07 Å². The van der Waals surface area contributed by atoms with Crippen LogP contribution in [-0.4, -0.2) is 41.9 Å². The second-order valence-corrected chi connectivity index (χ2v) is 5.34. The molecule has 0 saturated carbocycles. The van der Waals surface area contributed by atoms with Crippen molar-refractivity contribution in [1.29, 1.82) is 0 Å². The highest BCUT2D eigenvalue weighted by molar-refractivity contribution is 6.03. The van der Waals surface area contributed by atoms with Crippen LogP contribution in [0.4, 0.5) is 5.69 Å². The van der Waals surface area contributed by atoms with Crippen LogP contribution < -0.4 is 4.90 Å². The third kappa shape index (κ3) is 2.69. The van der Waals surface area contributed by atoms with E-state index in [1.807, 2.05) is 18.2 Å². The number of carbonyl (C=O) groups is 1. The normalized spacial score (nSPS) is 19.5. The van der Waals surface area contributed by atoms with E-state index in [0.717, 1.165) is 25.3 Å². The largest absolute Gasteiger partial charge is 0.478 e. The molecule has 1 atom stereocenters. The van der Waals surface area contributed by atoms with Gasteiger partial charge in [-0.25, -0.2) is 4.79 Å². The monoisotopic (exact) mass is 286 g/mol. The number of anilines is 1. The summed E-state index contributed by atoms with van der Waals surface area (Å²) in [5, 5.41) is 10.0. The van der Waals surface area contributed by atoms with Gasteiger partial charge in [0.2, 0.25) is 0 Å². The van der Waals surface area contributed by atoms with Gasteiger partial charge in [-0.3, -0.25) is 4.98 Å². The molecule has 0 amide bonds. The molecule has 1 aromatic heterocycles. The Kier molecular flexibility index (Phi) is 3.75. The Bertz CT molecular complexity index is 672. The zero-order chi connectivity index (χ0) is 14.8. The highest BCUT2D eigenvalue weighted by Gasteiger charge is 2.19. The third-order valence-electron chi connectivity index (χ3n) is 3.87. The van der Waals surface area contributed by atoms with Gasteiger partial charge in [-0.2, -0.15) is 0 Å². The van der Waals surface area contributed by atoms with E-state index < -0.39 is 5.97 Å². The standard InChI is InChI=1S/C16H18N2O3/c1-11-10-21-8-2-7-18(11)12-3-4-15-14(9-12)13(16(19)20)5-6-17-15/h3-6,9,11H,2,7-8,10H2,1H3,(H,19,20). The SMILES string of the molecule is CC1COCCCN1c1ccc2nccc(C(=O)O)c2c1. The predicted octanol–water partition coefficient (Wildman–Crippen LogP) is 2.55. The van der Waals surface area contributed by atoms with Crippen LogP contribution in [0.2, 0.25) is 0 Å². The molecule has 0 bridgehead atoms. The molecular formula is C16H18N2O3. The number of benzene rings is 1. The first kappa shape index (κ1) is 13.8. The van der Waals surface area contributed by atoms with Crippen molar-refractivity contribution in [2.45, 2.75) is 19.4 Å². The van der Waals surface area contributed by atoms with Crippen molar-refractivity contribution in [2.75, 3.05) is 24.7 Å². The Labute approximate surface area is 123 Å². The molecule has 1 N–H and O–H groups in total. The molecule has 3 rings (SSSR count). The minimum Gasteiger partial charge on any atom is -0.478 e. The van der Waals surface area contributed by atoms with Crippen LogP contribution in [0.5, 0.6) is 0 Å². The van der Waals surface area contributed by atoms with Gasteiger partial charge in [-0.15, -0.1) is 0 Å². The van der Waals surface area contributed by atoms with Gasteiger partial charge in [-0.1, -0.05) is 0 Å². The van der Waals surface area contributed by atoms with Gasteiger partial charge in [0.25, 0.3) is 0 Å². The molecule has 110 valence electrons. The highest BCUT2D eigenvalue weighted by Crippen LogP contribution is 2.26. The Hall–Kier alpha value is -2.14. The molecular weight excluding hydrogens is 268 g/mol. The first-order chi connectivity index (χ1) is 10.2. The van der Waals surface area contributed by atoms with Crippen molar-refractivity contribution in [3.63, 3.8) is 0 Å². The predicted molar refractivity (Wildman–Crippen MR) is 80.9 cm³/mol. The molecule has 1 unspecified atom stereocenters. The van der Waals surface area contributed by atoms with Crippen molar-refractivity contribution < 1.29 is 14.6 Å². The van der Waals surface area contributed by atoms with Gasteiger partial charge in [0, 0.05) is 36.5 Å². The van der Waals surface area contributed by atoms with Crippen molar-refractivity contribution in [2.24, 2.45) is 0 Å². The molecule has 1 aromatic carbocycles. The molecule has 5 heteroatoms. The Morgan fingerprint density at radius 3 is 3.10 bits per heavy atom. The Morgan fingerprint density at radius 2 is 2.29 bits per heavy atom. The second-order valence-electron chi connectivity index (χ2n) is 5.34. The van der Waals surface area contributed by atoms with E-state index in [1.165, 1.54) is 6.20 Å². The lowest BCUT2D eigenvalue weighted by Crippen LogP contribution is -2.35. The summed E-state index contributed by atoms with van der Waals surface area (Å²) in [6.45, 7) is 4.50. The van der Waals surface area contributed by atoms with E-state index in [4.69, 9.17) is 4.74 Å². The summed E-state index contributed by atoms with van der Waals surface area (Å²) >= 11 is 0. The molecule has 2 aromatic rings. The summed E-state index contributed by atoms with van der Waals surface area (Å²) in [5.41, 5.74) is 2.02. The molecule has 2 heterocycles. The summed E-state index contributed by atoms with van der Waals surface area (Å²) < 4.78 is 5.56. The molecule has 1 aliphatic heterocycles. The van der Waals surface area contributed by atoms with Crippen LogP contribution in [0.1, 0.15) is 23.7 Å². The molecule has 1 aliphatic rings. The number of nitrogens with zero attached hydrogens (tertiary/aromatic N) is 2. The molecule has 1 saturated heterocycles. The fourth-order valence-electron chi connectivity index (χ4n) is 2.78. The Balaban J connectivity index is 2.07. The summed E-state index contributed by atoms with van der Waals surface area (Å²) in [5.74, 6) is -0.924. The zero-order valence-electron chi connectivity index (χ0n) is 12.0. The number of carboxylic acid groups (broad SMARTS) is 1. The number of hydrogen-bond donors (Lipinski definition) is 1. The van der Waals surface area contributed by atoms with E-state index in [2.05, 4.69) is 16.8 Å². The van der Waals surface area contributed by atoms with Crippen molar-refractivity contribution in [3.8, 4) is 0 Å². The van der Waals surface area contributed by atoms with Gasteiger partial charge in [0.1, 0.15) is 0 Å². The summed E-state index contributed by atoms with van der Waals surface area (Å²) in [4.78, 5) is 17.9. The topological polar surface area (TPSA) is 62.7 Å². The number of carboxylic acids is 1. The number of hydrogen-bond acceptors (Lipinski definition) is 4. The fraction of sp³-hybridized carbons (Fsp3) is 0.375. The first-order valence-electron chi connectivity index (χ1n) is 7.13. The average Bonchev–Trinajstić information content (AvgIpc) is 2.70. The van der Waals surface area contributed by atoms with E-state index in [-0.39, 0.29) is 6.04 Å². The van der Waals surface area contributed by atoms with Gasteiger partial charge >= 0.3 is 5.97 Å². The first-order valence-corrected chi connectivity index (χ1v) is 7.13. The van der Waals surface area contributed by atoms with E-state index in [0.29, 0.717) is 23.1 Å². The quantitative estimate of drug-likeness (QED) is 0.919. The van der Waals surface area contributed by atoms with E-state index >= 15 is 0 Å². The molecule has 5 nitrogen and oxygen atoms in total. The summed E-state index contributed by atoms with van der Waals surface area (Å²) in [7, 11) is 0. The number of aromatic nitrogens is 1. The minimum absolute atomic E-state index is 0.273. The maximum absolute atomic E-state index is 11.4.